The zero-order chi connectivity index (χ0) is 22.2. The first-order valence-electron chi connectivity index (χ1n) is 11.2. The van der Waals surface area contributed by atoms with Gasteiger partial charge in [0.15, 0.2) is 0 Å². The van der Waals surface area contributed by atoms with Gasteiger partial charge in [-0.05, 0) is 37.5 Å². The van der Waals surface area contributed by atoms with Gasteiger partial charge in [-0.15, -0.1) is 11.3 Å². The smallest absolute Gasteiger partial charge is 0.264 e. The van der Waals surface area contributed by atoms with Crippen molar-refractivity contribution in [3.05, 3.63) is 62.5 Å². The molecule has 7 nitrogen and oxygen atoms in total. The van der Waals surface area contributed by atoms with Crippen molar-refractivity contribution in [3.8, 4) is 0 Å². The van der Waals surface area contributed by atoms with Crippen LogP contribution in [-0.2, 0) is 13.0 Å². The van der Waals surface area contributed by atoms with Crippen molar-refractivity contribution in [1.82, 2.24) is 19.4 Å². The number of aryl methyl sites for hydroxylation is 2. The van der Waals surface area contributed by atoms with E-state index < -0.39 is 0 Å². The molecule has 8 heteroatoms. The van der Waals surface area contributed by atoms with Gasteiger partial charge in [0.25, 0.3) is 17.4 Å². The van der Waals surface area contributed by atoms with Crippen LogP contribution < -0.4 is 5.56 Å². The summed E-state index contributed by atoms with van der Waals surface area (Å²) in [7, 11) is 0. The molecule has 0 atom stereocenters. The van der Waals surface area contributed by atoms with Gasteiger partial charge in [0.05, 0.1) is 10.3 Å². The summed E-state index contributed by atoms with van der Waals surface area (Å²) in [4.78, 5) is 48.8. The topological polar surface area (TPSA) is 75.5 Å². The molecule has 5 rings (SSSR count). The molecule has 2 aromatic heterocycles. The van der Waals surface area contributed by atoms with Gasteiger partial charge in [0.2, 0.25) is 0 Å². The molecule has 0 bridgehead atoms. The molecule has 1 aromatic carbocycles. The van der Waals surface area contributed by atoms with Crippen molar-refractivity contribution in [2.24, 2.45) is 0 Å². The fourth-order valence-corrected chi connectivity index (χ4v) is 5.79. The Morgan fingerprint density at radius 3 is 2.31 bits per heavy atom. The minimum atomic E-state index is -0.0723. The summed E-state index contributed by atoms with van der Waals surface area (Å²) in [5, 5.41) is 0.585. The predicted molar refractivity (Wildman–Crippen MR) is 124 cm³/mol. The summed E-state index contributed by atoms with van der Waals surface area (Å²) in [5.74, 6) is 0.764. The van der Waals surface area contributed by atoms with E-state index in [0.717, 1.165) is 37.1 Å². The quantitative estimate of drug-likeness (QED) is 0.601. The Morgan fingerprint density at radius 1 is 0.906 bits per heavy atom. The largest absolute Gasteiger partial charge is 0.335 e. The molecule has 4 heterocycles. The first-order chi connectivity index (χ1) is 15.5. The lowest BCUT2D eigenvalue weighted by Gasteiger charge is -2.34. The van der Waals surface area contributed by atoms with E-state index in [1.165, 1.54) is 11.3 Å². The number of hydrogen-bond donors (Lipinski definition) is 0. The van der Waals surface area contributed by atoms with Crippen molar-refractivity contribution in [3.63, 3.8) is 0 Å². The normalized spacial score (nSPS) is 16.7. The van der Waals surface area contributed by atoms with E-state index >= 15 is 0 Å². The molecular formula is C24H26N4O3S. The Labute approximate surface area is 190 Å². The Morgan fingerprint density at radius 2 is 1.59 bits per heavy atom. The number of amides is 2. The van der Waals surface area contributed by atoms with Gasteiger partial charge < -0.3 is 9.80 Å². The number of carbonyl (C=O) groups is 2. The third kappa shape index (κ3) is 3.62. The number of aromatic nitrogens is 2. The van der Waals surface area contributed by atoms with Crippen LogP contribution in [0.2, 0.25) is 0 Å². The number of hydrogen-bond acceptors (Lipinski definition) is 5. The number of piperazine rings is 1. The zero-order valence-corrected chi connectivity index (χ0v) is 19.0. The monoisotopic (exact) mass is 450 g/mol. The molecule has 32 heavy (non-hydrogen) atoms. The first-order valence-corrected chi connectivity index (χ1v) is 12.0. The van der Waals surface area contributed by atoms with Crippen molar-refractivity contribution >= 4 is 33.4 Å². The molecule has 2 aliphatic rings. The van der Waals surface area contributed by atoms with Crippen LogP contribution in [0, 0.1) is 6.92 Å². The first kappa shape index (κ1) is 20.9. The van der Waals surface area contributed by atoms with E-state index in [9.17, 15) is 14.4 Å². The van der Waals surface area contributed by atoms with Gasteiger partial charge in [-0.2, -0.15) is 0 Å². The van der Waals surface area contributed by atoms with Crippen molar-refractivity contribution < 1.29 is 9.59 Å². The number of fused-ring (bicyclic) bond motifs is 2. The molecule has 0 saturated carbocycles. The van der Waals surface area contributed by atoms with Gasteiger partial charge in [-0.3, -0.25) is 19.0 Å². The van der Waals surface area contributed by atoms with Crippen LogP contribution in [0.1, 0.15) is 50.7 Å². The maximum atomic E-state index is 13.3. The predicted octanol–water partition coefficient (Wildman–Crippen LogP) is 3.09. The fraction of sp³-hybridized carbons (Fsp3) is 0.417. The van der Waals surface area contributed by atoms with Crippen LogP contribution in [0.25, 0.3) is 10.2 Å². The molecule has 0 N–H and O–H groups in total. The van der Waals surface area contributed by atoms with E-state index in [-0.39, 0.29) is 17.4 Å². The average molecular weight is 451 g/mol. The third-order valence-electron chi connectivity index (χ3n) is 6.48. The minimum absolute atomic E-state index is 0.00513. The number of benzene rings is 1. The highest BCUT2D eigenvalue weighted by Gasteiger charge is 2.29. The summed E-state index contributed by atoms with van der Waals surface area (Å²) >= 11 is 1.33. The molecule has 3 aromatic rings. The second-order valence-electron chi connectivity index (χ2n) is 8.48. The maximum absolute atomic E-state index is 13.3. The second kappa shape index (κ2) is 8.50. The highest BCUT2D eigenvalue weighted by atomic mass is 32.1. The fourth-order valence-electron chi connectivity index (χ4n) is 4.63. The second-order valence-corrected chi connectivity index (χ2v) is 9.48. The lowest BCUT2D eigenvalue weighted by molar-refractivity contribution is 0.0538. The molecule has 0 spiro atoms. The van der Waals surface area contributed by atoms with Crippen molar-refractivity contribution in [2.75, 3.05) is 26.2 Å². The highest BCUT2D eigenvalue weighted by molar-refractivity contribution is 7.20. The third-order valence-corrected chi connectivity index (χ3v) is 7.65. The summed E-state index contributed by atoms with van der Waals surface area (Å²) in [6, 6.07) is 9.22. The van der Waals surface area contributed by atoms with Gasteiger partial charge >= 0.3 is 0 Å². The molecular weight excluding hydrogens is 424 g/mol. The van der Waals surface area contributed by atoms with E-state index in [0.29, 0.717) is 53.4 Å². The molecule has 2 amide bonds. The number of thiophene rings is 1. The number of carbonyl (C=O) groups excluding carboxylic acids is 2. The number of rotatable bonds is 2. The van der Waals surface area contributed by atoms with Gasteiger partial charge in [0.1, 0.15) is 10.7 Å². The van der Waals surface area contributed by atoms with Gasteiger partial charge in [-0.1, -0.05) is 24.6 Å². The standard InChI is InChI=1S/C24H26N4O3S/c1-16-19-21(25-18-10-6-3-7-11-28(18)23(19)30)32-20(16)24(31)27-14-12-26(13-15-27)22(29)17-8-4-2-5-9-17/h2,4-5,8-9H,3,6-7,10-15H2,1H3. The van der Waals surface area contributed by atoms with Gasteiger partial charge in [0, 0.05) is 44.7 Å². The SMILES string of the molecule is Cc1c(C(=O)N2CCN(C(=O)c3ccccc3)CC2)sc2nc3n(c(=O)c12)CCCCC3. The van der Waals surface area contributed by atoms with Crippen LogP contribution in [-0.4, -0.2) is 57.3 Å². The number of nitrogens with zero attached hydrogens (tertiary/aromatic N) is 4. The summed E-state index contributed by atoms with van der Waals surface area (Å²) < 4.78 is 1.80. The van der Waals surface area contributed by atoms with Crippen molar-refractivity contribution in [1.29, 1.82) is 0 Å². The van der Waals surface area contributed by atoms with Crippen LogP contribution in [0.3, 0.4) is 0 Å². The van der Waals surface area contributed by atoms with Crippen LogP contribution in [0.5, 0.6) is 0 Å². The average Bonchev–Trinajstić information content (AvgIpc) is 2.99. The van der Waals surface area contributed by atoms with Crippen molar-refractivity contribution in [2.45, 2.75) is 39.2 Å². The molecule has 0 radical (unpaired) electrons. The molecule has 1 fully saturated rings. The Bertz CT molecular complexity index is 1240. The molecule has 1 saturated heterocycles. The summed E-state index contributed by atoms with van der Waals surface area (Å²) in [6.45, 7) is 4.51. The molecule has 2 aliphatic heterocycles. The Hall–Kier alpha value is -3.00. The summed E-state index contributed by atoms with van der Waals surface area (Å²) in [6.07, 6.45) is 3.95. The van der Waals surface area contributed by atoms with Crippen LogP contribution in [0.15, 0.2) is 35.1 Å². The van der Waals surface area contributed by atoms with Gasteiger partial charge in [-0.25, -0.2) is 4.98 Å². The van der Waals surface area contributed by atoms with E-state index in [2.05, 4.69) is 0 Å². The lowest BCUT2D eigenvalue weighted by atomic mass is 10.1. The summed E-state index contributed by atoms with van der Waals surface area (Å²) in [5.41, 5.74) is 1.38. The van der Waals surface area contributed by atoms with Crippen LogP contribution >= 0.6 is 11.3 Å². The van der Waals surface area contributed by atoms with E-state index in [1.54, 1.807) is 14.4 Å². The highest BCUT2D eigenvalue weighted by Crippen LogP contribution is 2.29. The minimum Gasteiger partial charge on any atom is -0.335 e. The lowest BCUT2D eigenvalue weighted by Crippen LogP contribution is -2.50. The Balaban J connectivity index is 1.37. The molecule has 166 valence electrons. The Kier molecular flexibility index (Phi) is 5.55. The van der Waals surface area contributed by atoms with Crippen LogP contribution in [0.4, 0.5) is 0 Å². The van der Waals surface area contributed by atoms with E-state index in [1.807, 2.05) is 37.3 Å². The zero-order valence-electron chi connectivity index (χ0n) is 18.2. The molecule has 0 unspecified atom stereocenters. The van der Waals surface area contributed by atoms with E-state index in [4.69, 9.17) is 4.98 Å². The molecule has 0 aliphatic carbocycles. The maximum Gasteiger partial charge on any atom is 0.264 e.